The molecule has 31 heavy (non-hydrogen) atoms. The summed E-state index contributed by atoms with van der Waals surface area (Å²) >= 11 is 0. The third kappa shape index (κ3) is 5.07. The van der Waals surface area contributed by atoms with Gasteiger partial charge in [-0.05, 0) is 49.1 Å². The Hall–Kier alpha value is -3.30. The maximum Gasteiger partial charge on any atom is 0.267 e. The molecule has 2 heterocycles. The molecule has 8 nitrogen and oxygen atoms in total. The van der Waals surface area contributed by atoms with Crippen molar-refractivity contribution < 1.29 is 24.5 Å². The van der Waals surface area contributed by atoms with Crippen molar-refractivity contribution in [3.05, 3.63) is 69.4 Å². The molecule has 2 aromatic heterocycles. The summed E-state index contributed by atoms with van der Waals surface area (Å²) in [6, 6.07) is 7.68. The van der Waals surface area contributed by atoms with Gasteiger partial charge in [0.25, 0.3) is 11.5 Å². The standard InChI is InChI=1S/C22H24FN3O5/c1-13(28)11-25-21(30)18-20(29)19-17(26(22(18)31)7-2-8-27)10-15(12-24-19)9-14-3-5-16(23)6-4-14/h3-6,10,12-13,27-29H,2,7-9,11H2,1H3,(H,25,30). The largest absolute Gasteiger partial charge is 0.505 e. The lowest BCUT2D eigenvalue weighted by Crippen LogP contribution is -2.36. The van der Waals surface area contributed by atoms with Crippen LogP contribution in [0.4, 0.5) is 4.39 Å². The zero-order valence-corrected chi connectivity index (χ0v) is 17.0. The minimum atomic E-state index is -0.824. The van der Waals surface area contributed by atoms with Crippen molar-refractivity contribution in [2.45, 2.75) is 32.4 Å². The lowest BCUT2D eigenvalue weighted by Gasteiger charge is -2.15. The van der Waals surface area contributed by atoms with Crippen LogP contribution in [-0.4, -0.2) is 50.0 Å². The number of benzene rings is 1. The number of aryl methyl sites for hydroxylation is 1. The Bertz CT molecular complexity index is 1140. The molecule has 0 radical (unpaired) electrons. The topological polar surface area (TPSA) is 125 Å². The highest BCUT2D eigenvalue weighted by Crippen LogP contribution is 2.26. The smallest absolute Gasteiger partial charge is 0.267 e. The number of carbonyl (C=O) groups is 1. The van der Waals surface area contributed by atoms with E-state index < -0.39 is 28.9 Å². The predicted molar refractivity (Wildman–Crippen MR) is 113 cm³/mol. The molecule has 0 bridgehead atoms. The van der Waals surface area contributed by atoms with Gasteiger partial charge in [0.2, 0.25) is 0 Å². The molecule has 1 amide bonds. The number of amides is 1. The molecular weight excluding hydrogens is 405 g/mol. The zero-order chi connectivity index (χ0) is 22.5. The van der Waals surface area contributed by atoms with Gasteiger partial charge in [0, 0.05) is 25.9 Å². The van der Waals surface area contributed by atoms with Crippen molar-refractivity contribution in [1.29, 1.82) is 0 Å². The molecule has 0 spiro atoms. The lowest BCUT2D eigenvalue weighted by molar-refractivity contribution is 0.0919. The number of pyridine rings is 2. The van der Waals surface area contributed by atoms with Crippen molar-refractivity contribution >= 4 is 16.9 Å². The third-order valence-electron chi connectivity index (χ3n) is 4.78. The molecule has 0 aliphatic carbocycles. The summed E-state index contributed by atoms with van der Waals surface area (Å²) < 4.78 is 14.4. The van der Waals surface area contributed by atoms with Crippen LogP contribution >= 0.6 is 0 Å². The van der Waals surface area contributed by atoms with Gasteiger partial charge in [-0.1, -0.05) is 12.1 Å². The molecule has 0 saturated heterocycles. The van der Waals surface area contributed by atoms with Crippen LogP contribution in [0, 0.1) is 5.82 Å². The maximum absolute atomic E-state index is 13.2. The molecule has 1 unspecified atom stereocenters. The fourth-order valence-electron chi connectivity index (χ4n) is 3.27. The van der Waals surface area contributed by atoms with Crippen LogP contribution in [-0.2, 0) is 13.0 Å². The van der Waals surface area contributed by atoms with Crippen LogP contribution in [0.5, 0.6) is 5.75 Å². The molecular formula is C22H24FN3O5. The van der Waals surface area contributed by atoms with Crippen LogP contribution < -0.4 is 10.9 Å². The summed E-state index contributed by atoms with van der Waals surface area (Å²) in [6.07, 6.45) is 1.38. The van der Waals surface area contributed by atoms with E-state index in [0.29, 0.717) is 11.9 Å². The Morgan fingerprint density at radius 2 is 1.97 bits per heavy atom. The first kappa shape index (κ1) is 22.4. The first-order chi connectivity index (χ1) is 14.8. The highest BCUT2D eigenvalue weighted by molar-refractivity contribution is 6.01. The van der Waals surface area contributed by atoms with Crippen molar-refractivity contribution in [3.63, 3.8) is 0 Å². The van der Waals surface area contributed by atoms with E-state index in [-0.39, 0.29) is 37.5 Å². The molecule has 4 N–H and O–H groups in total. The Kier molecular flexibility index (Phi) is 6.98. The van der Waals surface area contributed by atoms with E-state index in [1.165, 1.54) is 29.8 Å². The van der Waals surface area contributed by atoms with Gasteiger partial charge >= 0.3 is 0 Å². The Morgan fingerprint density at radius 1 is 1.26 bits per heavy atom. The Labute approximate surface area is 177 Å². The van der Waals surface area contributed by atoms with E-state index in [2.05, 4.69) is 10.3 Å². The molecule has 1 atom stereocenters. The summed E-state index contributed by atoms with van der Waals surface area (Å²) in [4.78, 5) is 29.8. The Morgan fingerprint density at radius 3 is 2.61 bits per heavy atom. The monoisotopic (exact) mass is 429 g/mol. The number of fused-ring (bicyclic) bond motifs is 1. The molecule has 164 valence electrons. The van der Waals surface area contributed by atoms with Crippen LogP contribution in [0.3, 0.4) is 0 Å². The quantitative estimate of drug-likeness (QED) is 0.428. The van der Waals surface area contributed by atoms with Gasteiger partial charge in [0.15, 0.2) is 5.75 Å². The number of rotatable bonds is 8. The minimum Gasteiger partial charge on any atom is -0.505 e. The van der Waals surface area contributed by atoms with Crippen LogP contribution in [0.15, 0.2) is 41.3 Å². The second-order valence-corrected chi connectivity index (χ2v) is 7.33. The van der Waals surface area contributed by atoms with Gasteiger partial charge in [0.05, 0.1) is 11.6 Å². The second-order valence-electron chi connectivity index (χ2n) is 7.33. The maximum atomic E-state index is 13.2. The first-order valence-electron chi connectivity index (χ1n) is 9.87. The SMILES string of the molecule is CC(O)CNC(=O)c1c(O)c2ncc(Cc3ccc(F)cc3)cc2n(CCCO)c1=O. The number of aromatic nitrogens is 2. The van der Waals surface area contributed by atoms with Gasteiger partial charge in [-0.3, -0.25) is 14.6 Å². The first-order valence-corrected chi connectivity index (χ1v) is 9.87. The number of carbonyl (C=O) groups excluding carboxylic acids is 1. The van der Waals surface area contributed by atoms with Crippen LogP contribution in [0.25, 0.3) is 11.0 Å². The third-order valence-corrected chi connectivity index (χ3v) is 4.78. The van der Waals surface area contributed by atoms with E-state index in [1.54, 1.807) is 18.2 Å². The molecule has 9 heteroatoms. The summed E-state index contributed by atoms with van der Waals surface area (Å²) in [6.45, 7) is 1.34. The highest BCUT2D eigenvalue weighted by atomic mass is 19.1. The number of halogens is 1. The van der Waals surface area contributed by atoms with E-state index in [9.17, 15) is 29.3 Å². The Balaban J connectivity index is 2.09. The van der Waals surface area contributed by atoms with Gasteiger partial charge in [-0.25, -0.2) is 4.39 Å². The van der Waals surface area contributed by atoms with Crippen molar-refractivity contribution in [3.8, 4) is 5.75 Å². The average molecular weight is 429 g/mol. The fraction of sp³-hybridized carbons (Fsp3) is 0.318. The number of nitrogens with one attached hydrogen (secondary N) is 1. The zero-order valence-electron chi connectivity index (χ0n) is 17.0. The molecule has 0 fully saturated rings. The normalized spacial score (nSPS) is 12.1. The highest BCUT2D eigenvalue weighted by Gasteiger charge is 2.23. The van der Waals surface area contributed by atoms with E-state index in [0.717, 1.165) is 11.1 Å². The number of aromatic hydroxyl groups is 1. The van der Waals surface area contributed by atoms with E-state index in [4.69, 9.17) is 0 Å². The van der Waals surface area contributed by atoms with Crippen molar-refractivity contribution in [2.24, 2.45) is 0 Å². The molecule has 3 rings (SSSR count). The summed E-state index contributed by atoms with van der Waals surface area (Å²) in [5, 5.41) is 31.6. The average Bonchev–Trinajstić information content (AvgIpc) is 2.74. The fourth-order valence-corrected chi connectivity index (χ4v) is 3.27. The van der Waals surface area contributed by atoms with Crippen molar-refractivity contribution in [1.82, 2.24) is 14.9 Å². The minimum absolute atomic E-state index is 0.0718. The molecule has 1 aromatic carbocycles. The van der Waals surface area contributed by atoms with Crippen LogP contribution in [0.1, 0.15) is 34.8 Å². The van der Waals surface area contributed by atoms with E-state index in [1.807, 2.05) is 0 Å². The summed E-state index contributed by atoms with van der Waals surface area (Å²) in [7, 11) is 0. The van der Waals surface area contributed by atoms with Gasteiger partial charge in [-0.2, -0.15) is 0 Å². The molecule has 0 aliphatic rings. The van der Waals surface area contributed by atoms with Gasteiger partial charge < -0.3 is 25.2 Å². The molecule has 0 saturated carbocycles. The second kappa shape index (κ2) is 9.67. The predicted octanol–water partition coefficient (Wildman–Crippen LogP) is 1.33. The number of hydrogen-bond acceptors (Lipinski definition) is 6. The lowest BCUT2D eigenvalue weighted by atomic mass is 10.1. The summed E-state index contributed by atoms with van der Waals surface area (Å²) in [5.41, 5.74) is 0.768. The number of hydrogen-bond donors (Lipinski definition) is 4. The van der Waals surface area contributed by atoms with Gasteiger partial charge in [-0.15, -0.1) is 0 Å². The number of aliphatic hydroxyl groups excluding tert-OH is 2. The summed E-state index contributed by atoms with van der Waals surface area (Å²) in [5.74, 6) is -1.71. The van der Waals surface area contributed by atoms with Crippen molar-refractivity contribution in [2.75, 3.05) is 13.2 Å². The molecule has 0 aliphatic heterocycles. The molecule has 3 aromatic rings. The van der Waals surface area contributed by atoms with Gasteiger partial charge in [0.1, 0.15) is 16.9 Å². The number of nitrogens with zero attached hydrogens (tertiary/aromatic N) is 2. The van der Waals surface area contributed by atoms with Crippen LogP contribution in [0.2, 0.25) is 0 Å². The number of aliphatic hydroxyl groups is 2. The van der Waals surface area contributed by atoms with E-state index >= 15 is 0 Å².